The lowest BCUT2D eigenvalue weighted by Gasteiger charge is -2.26. The van der Waals surface area contributed by atoms with Crippen LogP contribution in [0.4, 0.5) is 4.79 Å². The lowest BCUT2D eigenvalue weighted by Crippen LogP contribution is -2.41. The second-order valence-electron chi connectivity index (χ2n) is 4.08. The van der Waals surface area contributed by atoms with Crippen LogP contribution in [0.1, 0.15) is 13.8 Å². The number of urea groups is 1. The molecular formula is C9H14N2O4. The second kappa shape index (κ2) is 3.88. The topological polar surface area (TPSA) is 75.7 Å². The first kappa shape index (κ1) is 11.5. The highest BCUT2D eigenvalue weighted by molar-refractivity contribution is 6.02. The molecular weight excluding hydrogens is 200 g/mol. The Morgan fingerprint density at radius 3 is 2.53 bits per heavy atom. The Kier molecular flexibility index (Phi) is 2.97. The normalized spacial score (nSPS) is 16.6. The largest absolute Gasteiger partial charge is 0.469 e. The van der Waals surface area contributed by atoms with Crippen molar-refractivity contribution in [3.8, 4) is 0 Å². The Hall–Kier alpha value is -1.59. The van der Waals surface area contributed by atoms with Gasteiger partial charge in [0.05, 0.1) is 12.5 Å². The van der Waals surface area contributed by atoms with Gasteiger partial charge in [0.25, 0.3) is 0 Å². The number of esters is 1. The van der Waals surface area contributed by atoms with Gasteiger partial charge in [-0.1, -0.05) is 0 Å². The number of carbonyl (C=O) groups excluding carboxylic acids is 3. The predicted molar refractivity (Wildman–Crippen MR) is 50.9 cm³/mol. The maximum atomic E-state index is 11.3. The molecule has 1 fully saturated rings. The molecule has 1 aliphatic heterocycles. The van der Waals surface area contributed by atoms with Gasteiger partial charge in [-0.15, -0.1) is 0 Å². The number of hydrogen-bond donors (Lipinski definition) is 1. The van der Waals surface area contributed by atoms with E-state index < -0.39 is 17.4 Å². The summed E-state index contributed by atoms with van der Waals surface area (Å²) in [5.74, 6) is -0.754. The molecule has 0 aromatic heterocycles. The van der Waals surface area contributed by atoms with Gasteiger partial charge >= 0.3 is 12.0 Å². The van der Waals surface area contributed by atoms with Crippen molar-refractivity contribution in [3.63, 3.8) is 0 Å². The highest BCUT2D eigenvalue weighted by Gasteiger charge is 2.36. The van der Waals surface area contributed by atoms with Gasteiger partial charge in [-0.3, -0.25) is 14.9 Å². The number of nitrogens with one attached hydrogen (secondary N) is 1. The number of hydrogen-bond acceptors (Lipinski definition) is 4. The zero-order valence-corrected chi connectivity index (χ0v) is 8.99. The molecule has 0 aromatic rings. The Labute approximate surface area is 87.6 Å². The van der Waals surface area contributed by atoms with Crippen LogP contribution in [0.2, 0.25) is 0 Å². The van der Waals surface area contributed by atoms with E-state index in [1.54, 1.807) is 13.8 Å². The minimum absolute atomic E-state index is 0.000736. The van der Waals surface area contributed by atoms with E-state index in [0.29, 0.717) is 0 Å². The van der Waals surface area contributed by atoms with Crippen molar-refractivity contribution >= 4 is 17.9 Å². The molecule has 6 heteroatoms. The summed E-state index contributed by atoms with van der Waals surface area (Å²) >= 11 is 0. The van der Waals surface area contributed by atoms with Crippen LogP contribution in [0.5, 0.6) is 0 Å². The summed E-state index contributed by atoms with van der Waals surface area (Å²) in [6, 6.07) is -0.461. The minimum atomic E-state index is -0.809. The zero-order valence-electron chi connectivity index (χ0n) is 8.99. The van der Waals surface area contributed by atoms with Crippen molar-refractivity contribution in [2.24, 2.45) is 5.41 Å². The van der Waals surface area contributed by atoms with Crippen molar-refractivity contribution < 1.29 is 19.1 Å². The van der Waals surface area contributed by atoms with E-state index >= 15 is 0 Å². The molecule has 0 saturated carbocycles. The van der Waals surface area contributed by atoms with Crippen LogP contribution < -0.4 is 5.32 Å². The first-order valence-electron chi connectivity index (χ1n) is 4.54. The fraction of sp³-hybridized carbons (Fsp3) is 0.667. The molecule has 0 unspecified atom stereocenters. The molecule has 0 aliphatic carbocycles. The van der Waals surface area contributed by atoms with Crippen molar-refractivity contribution in [1.29, 1.82) is 0 Å². The molecule has 84 valence electrons. The lowest BCUT2D eigenvalue weighted by molar-refractivity contribution is -0.151. The molecule has 15 heavy (non-hydrogen) atoms. The summed E-state index contributed by atoms with van der Waals surface area (Å²) in [5, 5.41) is 2.14. The van der Waals surface area contributed by atoms with Gasteiger partial charge < -0.3 is 9.64 Å². The average Bonchev–Trinajstić information content (AvgIpc) is 2.43. The molecule has 0 radical (unpaired) electrons. The number of carbonyl (C=O) groups is 3. The SMILES string of the molecule is COC(=O)C(C)(C)CN1CC(=O)NC1=O. The van der Waals surface area contributed by atoms with Crippen LogP contribution in [-0.2, 0) is 14.3 Å². The van der Waals surface area contributed by atoms with Gasteiger partial charge in [0, 0.05) is 6.54 Å². The molecule has 1 saturated heterocycles. The van der Waals surface area contributed by atoms with Crippen LogP contribution in [0, 0.1) is 5.41 Å². The van der Waals surface area contributed by atoms with Crippen LogP contribution >= 0.6 is 0 Å². The summed E-state index contributed by atoms with van der Waals surface area (Å²) in [5.41, 5.74) is -0.809. The number of methoxy groups -OCH3 is 1. The number of nitrogens with zero attached hydrogens (tertiary/aromatic N) is 1. The number of amides is 3. The quantitative estimate of drug-likeness (QED) is 0.518. The first-order valence-corrected chi connectivity index (χ1v) is 4.54. The zero-order chi connectivity index (χ0) is 11.6. The van der Waals surface area contributed by atoms with Gasteiger partial charge in [-0.25, -0.2) is 4.79 Å². The van der Waals surface area contributed by atoms with Crippen molar-refractivity contribution in [2.75, 3.05) is 20.2 Å². The Bertz CT molecular complexity index is 311. The average molecular weight is 214 g/mol. The molecule has 3 amide bonds. The number of ether oxygens (including phenoxy) is 1. The molecule has 6 nitrogen and oxygen atoms in total. The van der Waals surface area contributed by atoms with E-state index in [0.717, 1.165) is 0 Å². The monoisotopic (exact) mass is 214 g/mol. The van der Waals surface area contributed by atoms with Gasteiger partial charge in [0.2, 0.25) is 5.91 Å². The molecule has 0 spiro atoms. The van der Waals surface area contributed by atoms with E-state index in [1.807, 2.05) is 0 Å². The second-order valence-corrected chi connectivity index (χ2v) is 4.08. The Morgan fingerprint density at radius 1 is 1.53 bits per heavy atom. The van der Waals surface area contributed by atoms with E-state index in [2.05, 4.69) is 10.1 Å². The maximum absolute atomic E-state index is 11.3. The molecule has 1 heterocycles. The Balaban J connectivity index is 2.65. The smallest absolute Gasteiger partial charge is 0.324 e. The van der Waals surface area contributed by atoms with Crippen molar-refractivity contribution in [3.05, 3.63) is 0 Å². The molecule has 1 aliphatic rings. The third-order valence-corrected chi connectivity index (χ3v) is 2.19. The first-order chi connectivity index (χ1) is 6.86. The van der Waals surface area contributed by atoms with E-state index in [1.165, 1.54) is 12.0 Å². The number of rotatable bonds is 3. The molecule has 0 bridgehead atoms. The van der Waals surface area contributed by atoms with Crippen LogP contribution in [0.15, 0.2) is 0 Å². The van der Waals surface area contributed by atoms with Crippen LogP contribution in [0.25, 0.3) is 0 Å². The fourth-order valence-electron chi connectivity index (χ4n) is 1.43. The summed E-state index contributed by atoms with van der Waals surface area (Å²) in [4.78, 5) is 34.7. The highest BCUT2D eigenvalue weighted by atomic mass is 16.5. The highest BCUT2D eigenvalue weighted by Crippen LogP contribution is 2.19. The number of imide groups is 1. The van der Waals surface area contributed by atoms with Gasteiger partial charge in [-0.05, 0) is 13.8 Å². The summed E-state index contributed by atoms with van der Waals surface area (Å²) < 4.78 is 4.61. The molecule has 1 N–H and O–H groups in total. The summed E-state index contributed by atoms with van der Waals surface area (Å²) in [7, 11) is 1.29. The van der Waals surface area contributed by atoms with E-state index in [-0.39, 0.29) is 19.0 Å². The minimum Gasteiger partial charge on any atom is -0.469 e. The van der Waals surface area contributed by atoms with Crippen molar-refractivity contribution in [1.82, 2.24) is 10.2 Å². The van der Waals surface area contributed by atoms with Crippen LogP contribution in [0.3, 0.4) is 0 Å². The van der Waals surface area contributed by atoms with Crippen molar-refractivity contribution in [2.45, 2.75) is 13.8 Å². The fourth-order valence-corrected chi connectivity index (χ4v) is 1.43. The van der Waals surface area contributed by atoms with Gasteiger partial charge in [0.1, 0.15) is 6.54 Å². The van der Waals surface area contributed by atoms with E-state index in [4.69, 9.17) is 0 Å². The molecule has 0 atom stereocenters. The molecule has 1 rings (SSSR count). The third kappa shape index (κ3) is 2.45. The standard InChI is InChI=1S/C9H14N2O4/c1-9(2,7(13)15-3)5-11-4-6(12)10-8(11)14/h4-5H2,1-3H3,(H,10,12,14). The van der Waals surface area contributed by atoms with Gasteiger partial charge in [-0.2, -0.15) is 0 Å². The maximum Gasteiger partial charge on any atom is 0.324 e. The van der Waals surface area contributed by atoms with E-state index in [9.17, 15) is 14.4 Å². The summed E-state index contributed by atoms with van der Waals surface area (Å²) in [6.07, 6.45) is 0. The lowest BCUT2D eigenvalue weighted by atomic mass is 9.93. The van der Waals surface area contributed by atoms with Gasteiger partial charge in [0.15, 0.2) is 0 Å². The molecule has 0 aromatic carbocycles. The third-order valence-electron chi connectivity index (χ3n) is 2.19. The van der Waals surface area contributed by atoms with Crippen LogP contribution in [-0.4, -0.2) is 43.0 Å². The Morgan fingerprint density at radius 2 is 2.13 bits per heavy atom. The predicted octanol–water partition coefficient (Wildman–Crippen LogP) is -0.263. The summed E-state index contributed by atoms with van der Waals surface area (Å²) in [6.45, 7) is 3.49.